The molecule has 0 aliphatic carbocycles. The van der Waals surface area contributed by atoms with E-state index in [2.05, 4.69) is 25.3 Å². The van der Waals surface area contributed by atoms with E-state index in [0.29, 0.717) is 50.1 Å². The average molecular weight is 467 g/mol. The first-order valence-electron chi connectivity index (χ1n) is 9.45. The van der Waals surface area contributed by atoms with Crippen molar-refractivity contribution in [2.24, 2.45) is 0 Å². The number of thioether (sulfide) groups is 1. The number of ether oxygens (including phenoxy) is 1. The molecule has 0 fully saturated rings. The first-order valence-corrected chi connectivity index (χ1v) is 10.8. The second kappa shape index (κ2) is 8.48. The number of aromatic nitrogens is 6. The smallest absolute Gasteiger partial charge is 0.269 e. The van der Waals surface area contributed by atoms with E-state index in [4.69, 9.17) is 20.9 Å². The second-order valence-corrected chi connectivity index (χ2v) is 8.00. The Labute approximate surface area is 190 Å². The molecule has 0 unspecified atom stereocenters. The minimum atomic E-state index is -0.275. The summed E-state index contributed by atoms with van der Waals surface area (Å²) in [4.78, 5) is 22.2. The summed E-state index contributed by atoms with van der Waals surface area (Å²) in [6, 6.07) is 14.6. The number of fused-ring (bicyclic) bond motifs is 1. The molecule has 9 nitrogen and oxygen atoms in total. The Morgan fingerprint density at radius 3 is 2.81 bits per heavy atom. The van der Waals surface area contributed by atoms with E-state index in [0.717, 1.165) is 5.56 Å². The van der Waals surface area contributed by atoms with E-state index in [9.17, 15) is 4.79 Å². The van der Waals surface area contributed by atoms with Crippen molar-refractivity contribution in [2.45, 2.75) is 10.9 Å². The van der Waals surface area contributed by atoms with Crippen LogP contribution >= 0.6 is 23.4 Å². The highest BCUT2D eigenvalue weighted by molar-refractivity contribution is 7.98. The Kier molecular flexibility index (Phi) is 5.38. The van der Waals surface area contributed by atoms with Crippen molar-refractivity contribution in [1.82, 2.24) is 29.9 Å². The van der Waals surface area contributed by atoms with E-state index < -0.39 is 0 Å². The van der Waals surface area contributed by atoms with Gasteiger partial charge in [-0.05, 0) is 18.2 Å². The molecule has 0 aliphatic rings. The second-order valence-electron chi connectivity index (χ2n) is 6.65. The van der Waals surface area contributed by atoms with Crippen LogP contribution in [0.4, 0.5) is 0 Å². The number of halogens is 1. The lowest BCUT2D eigenvalue weighted by atomic mass is 10.2. The summed E-state index contributed by atoms with van der Waals surface area (Å²) in [5.74, 6) is 1.73. The van der Waals surface area contributed by atoms with Crippen molar-refractivity contribution in [3.8, 4) is 22.8 Å². The van der Waals surface area contributed by atoms with Gasteiger partial charge in [0.25, 0.3) is 5.56 Å². The molecule has 11 heteroatoms. The quantitative estimate of drug-likeness (QED) is 0.294. The van der Waals surface area contributed by atoms with Gasteiger partial charge in [0.1, 0.15) is 11.1 Å². The van der Waals surface area contributed by atoms with Gasteiger partial charge < -0.3 is 9.26 Å². The molecular weight excluding hydrogens is 452 g/mol. The maximum Gasteiger partial charge on any atom is 0.269 e. The maximum absolute atomic E-state index is 13.2. The predicted octanol–water partition coefficient (Wildman–Crippen LogP) is 4.11. The number of aromatic amines is 1. The normalized spacial score (nSPS) is 11.2. The van der Waals surface area contributed by atoms with Crippen LogP contribution in [-0.2, 0) is 5.75 Å². The molecule has 2 aromatic carbocycles. The monoisotopic (exact) mass is 466 g/mol. The van der Waals surface area contributed by atoms with Crippen molar-refractivity contribution >= 4 is 34.4 Å². The number of hydrogen-bond acceptors (Lipinski definition) is 8. The van der Waals surface area contributed by atoms with Crippen LogP contribution in [0.25, 0.3) is 28.1 Å². The van der Waals surface area contributed by atoms with Crippen LogP contribution < -0.4 is 10.3 Å². The number of rotatable bonds is 6. The highest BCUT2D eigenvalue weighted by Crippen LogP contribution is 2.29. The minimum Gasteiger partial charge on any atom is -0.495 e. The lowest BCUT2D eigenvalue weighted by Gasteiger charge is -2.12. The molecule has 3 heterocycles. The van der Waals surface area contributed by atoms with E-state index >= 15 is 0 Å². The third kappa shape index (κ3) is 3.74. The summed E-state index contributed by atoms with van der Waals surface area (Å²) in [5, 5.41) is 11.9. The first-order chi connectivity index (χ1) is 15.6. The van der Waals surface area contributed by atoms with Crippen LogP contribution in [0.3, 0.4) is 0 Å². The van der Waals surface area contributed by atoms with Gasteiger partial charge in [-0.3, -0.25) is 14.5 Å². The van der Waals surface area contributed by atoms with Gasteiger partial charge in [0.05, 0.1) is 29.8 Å². The van der Waals surface area contributed by atoms with Crippen LogP contribution in [0.1, 0.15) is 5.89 Å². The molecule has 0 saturated heterocycles. The molecule has 0 amide bonds. The van der Waals surface area contributed by atoms with Crippen LogP contribution in [0.5, 0.6) is 5.75 Å². The summed E-state index contributed by atoms with van der Waals surface area (Å²) in [6.45, 7) is 0. The topological polar surface area (TPSA) is 112 Å². The van der Waals surface area contributed by atoms with Crippen molar-refractivity contribution < 1.29 is 9.26 Å². The van der Waals surface area contributed by atoms with Gasteiger partial charge in [-0.25, -0.2) is 4.98 Å². The molecule has 5 aromatic rings. The third-order valence-electron chi connectivity index (χ3n) is 4.67. The molecule has 0 saturated carbocycles. The average Bonchev–Trinajstić information content (AvgIpc) is 3.48. The Balaban J connectivity index is 1.51. The Morgan fingerprint density at radius 2 is 2.03 bits per heavy atom. The zero-order valence-corrected chi connectivity index (χ0v) is 18.2. The molecule has 0 aliphatic heterocycles. The molecule has 3 aromatic heterocycles. The Bertz CT molecular complexity index is 1460. The highest BCUT2D eigenvalue weighted by atomic mass is 35.5. The molecule has 5 rings (SSSR count). The number of nitrogens with one attached hydrogen (secondary N) is 1. The lowest BCUT2D eigenvalue weighted by molar-refractivity contribution is 0.391. The molecule has 0 radical (unpaired) electrons. The van der Waals surface area contributed by atoms with Gasteiger partial charge in [-0.1, -0.05) is 58.9 Å². The van der Waals surface area contributed by atoms with E-state index in [1.165, 1.54) is 29.6 Å². The molecule has 160 valence electrons. The number of hydrogen-bond donors (Lipinski definition) is 1. The van der Waals surface area contributed by atoms with Gasteiger partial charge >= 0.3 is 0 Å². The Morgan fingerprint density at radius 1 is 1.19 bits per heavy atom. The van der Waals surface area contributed by atoms with Crippen molar-refractivity contribution in [3.05, 3.63) is 76.0 Å². The summed E-state index contributed by atoms with van der Waals surface area (Å²) < 4.78 is 12.1. The van der Waals surface area contributed by atoms with Crippen LogP contribution in [0.2, 0.25) is 5.02 Å². The zero-order chi connectivity index (χ0) is 22.1. The number of H-pyrrole nitrogens is 1. The SMILES string of the molecule is COc1ccc(-n2c(SCc3nc(-c4ccccc4)no3)nc3[nH]ncc3c2=O)cc1Cl. The molecule has 0 bridgehead atoms. The molecule has 0 spiro atoms. The largest absolute Gasteiger partial charge is 0.495 e. The van der Waals surface area contributed by atoms with Gasteiger partial charge in [-0.2, -0.15) is 10.1 Å². The van der Waals surface area contributed by atoms with Crippen LogP contribution in [0, 0.1) is 0 Å². The van der Waals surface area contributed by atoms with Crippen molar-refractivity contribution in [3.63, 3.8) is 0 Å². The number of methoxy groups -OCH3 is 1. The fraction of sp³-hybridized carbons (Fsp3) is 0.0952. The third-order valence-corrected chi connectivity index (χ3v) is 5.89. The Hall–Kier alpha value is -3.63. The summed E-state index contributed by atoms with van der Waals surface area (Å²) in [6.07, 6.45) is 1.45. The minimum absolute atomic E-state index is 0.275. The predicted molar refractivity (Wildman–Crippen MR) is 120 cm³/mol. The summed E-state index contributed by atoms with van der Waals surface area (Å²) in [5.41, 5.74) is 1.52. The van der Waals surface area contributed by atoms with Crippen molar-refractivity contribution in [1.29, 1.82) is 0 Å². The van der Waals surface area contributed by atoms with Crippen LogP contribution in [0.15, 0.2) is 69.2 Å². The van der Waals surface area contributed by atoms with Gasteiger partial charge in [0.2, 0.25) is 11.7 Å². The number of nitrogens with zero attached hydrogens (tertiary/aromatic N) is 5. The summed E-state index contributed by atoms with van der Waals surface area (Å²) >= 11 is 7.58. The van der Waals surface area contributed by atoms with E-state index in [1.807, 2.05) is 30.3 Å². The van der Waals surface area contributed by atoms with Crippen LogP contribution in [-0.4, -0.2) is 37.0 Å². The maximum atomic E-state index is 13.2. The molecular formula is C21H15ClN6O3S. The number of benzene rings is 2. The van der Waals surface area contributed by atoms with E-state index in [-0.39, 0.29) is 5.56 Å². The molecule has 0 atom stereocenters. The standard InChI is InChI=1S/C21H15ClN6O3S/c1-30-16-8-7-13(9-15(16)22)28-20(29)14-10-23-26-19(14)25-21(28)32-11-17-24-18(27-31-17)12-5-3-2-4-6-12/h2-10H,11H2,1H3,(H,23,26). The first kappa shape index (κ1) is 20.3. The highest BCUT2D eigenvalue weighted by Gasteiger charge is 2.17. The van der Waals surface area contributed by atoms with Gasteiger partial charge in [-0.15, -0.1) is 0 Å². The van der Waals surface area contributed by atoms with Gasteiger partial charge in [0.15, 0.2) is 10.8 Å². The van der Waals surface area contributed by atoms with E-state index in [1.54, 1.807) is 18.2 Å². The van der Waals surface area contributed by atoms with Crippen molar-refractivity contribution in [2.75, 3.05) is 7.11 Å². The molecule has 1 N–H and O–H groups in total. The lowest BCUT2D eigenvalue weighted by Crippen LogP contribution is -2.21. The zero-order valence-electron chi connectivity index (χ0n) is 16.7. The molecule has 32 heavy (non-hydrogen) atoms. The summed E-state index contributed by atoms with van der Waals surface area (Å²) in [7, 11) is 1.53. The van der Waals surface area contributed by atoms with Gasteiger partial charge in [0, 0.05) is 5.56 Å². The fourth-order valence-electron chi connectivity index (χ4n) is 3.14. The fourth-order valence-corrected chi connectivity index (χ4v) is 4.23.